The summed E-state index contributed by atoms with van der Waals surface area (Å²) in [6.45, 7) is 2.67. The lowest BCUT2D eigenvalue weighted by atomic mass is 10.1. The van der Waals surface area contributed by atoms with Crippen molar-refractivity contribution >= 4 is 11.3 Å². The molecule has 0 aliphatic rings. The molecule has 0 spiro atoms. The van der Waals surface area contributed by atoms with Crippen LogP contribution in [0.15, 0.2) is 48.9 Å². The van der Waals surface area contributed by atoms with Gasteiger partial charge in [-0.1, -0.05) is 30.3 Å². The first kappa shape index (κ1) is 13.0. The molecule has 1 atom stereocenters. The van der Waals surface area contributed by atoms with Crippen molar-refractivity contribution in [3.63, 3.8) is 0 Å². The van der Waals surface area contributed by atoms with E-state index in [4.69, 9.17) is 0 Å². The van der Waals surface area contributed by atoms with Gasteiger partial charge in [-0.15, -0.1) is 11.3 Å². The SMILES string of the molecule is Cc1ncc(Cn2ccnc2C(O)c2ccccc2)s1. The van der Waals surface area contributed by atoms with Gasteiger partial charge >= 0.3 is 0 Å². The Morgan fingerprint density at radius 2 is 2.05 bits per heavy atom. The standard InChI is InChI=1S/C15H15N3OS/c1-11-17-9-13(20-11)10-18-8-7-16-15(18)14(19)12-5-3-2-4-6-12/h2-9,14,19H,10H2,1H3. The van der Waals surface area contributed by atoms with Gasteiger partial charge < -0.3 is 9.67 Å². The Kier molecular flexibility index (Phi) is 3.62. The number of aryl methyl sites for hydroxylation is 1. The van der Waals surface area contributed by atoms with Crippen molar-refractivity contribution in [3.05, 3.63) is 70.2 Å². The Bertz CT molecular complexity index is 690. The number of hydrogen-bond acceptors (Lipinski definition) is 4. The second-order valence-corrected chi connectivity index (χ2v) is 5.89. The lowest BCUT2D eigenvalue weighted by molar-refractivity contribution is 0.205. The number of aliphatic hydroxyl groups is 1. The van der Waals surface area contributed by atoms with E-state index in [9.17, 15) is 5.11 Å². The van der Waals surface area contributed by atoms with E-state index < -0.39 is 6.10 Å². The smallest absolute Gasteiger partial charge is 0.142 e. The molecule has 4 nitrogen and oxygen atoms in total. The molecular weight excluding hydrogens is 270 g/mol. The van der Waals surface area contributed by atoms with Gasteiger partial charge in [0.25, 0.3) is 0 Å². The van der Waals surface area contributed by atoms with Gasteiger partial charge in [-0.3, -0.25) is 0 Å². The minimum Gasteiger partial charge on any atom is -0.380 e. The van der Waals surface area contributed by atoms with Crippen molar-refractivity contribution in [1.29, 1.82) is 0 Å². The van der Waals surface area contributed by atoms with Crippen molar-refractivity contribution < 1.29 is 5.11 Å². The van der Waals surface area contributed by atoms with E-state index >= 15 is 0 Å². The maximum Gasteiger partial charge on any atom is 0.142 e. The van der Waals surface area contributed by atoms with E-state index in [0.29, 0.717) is 12.4 Å². The second kappa shape index (κ2) is 5.56. The molecule has 0 aliphatic carbocycles. The monoisotopic (exact) mass is 285 g/mol. The van der Waals surface area contributed by atoms with Crippen LogP contribution < -0.4 is 0 Å². The summed E-state index contributed by atoms with van der Waals surface area (Å²) in [5, 5.41) is 11.5. The van der Waals surface area contributed by atoms with Crippen LogP contribution in [0.1, 0.15) is 27.4 Å². The van der Waals surface area contributed by atoms with Crippen LogP contribution in [-0.2, 0) is 6.54 Å². The molecule has 0 saturated carbocycles. The number of benzene rings is 1. The largest absolute Gasteiger partial charge is 0.380 e. The minimum absolute atomic E-state index is 0.655. The van der Waals surface area contributed by atoms with Crippen LogP contribution in [0.2, 0.25) is 0 Å². The van der Waals surface area contributed by atoms with E-state index in [2.05, 4.69) is 9.97 Å². The van der Waals surface area contributed by atoms with Crippen molar-refractivity contribution in [2.45, 2.75) is 19.6 Å². The third kappa shape index (κ3) is 2.64. The molecule has 0 amide bonds. The topological polar surface area (TPSA) is 50.9 Å². The number of nitrogens with zero attached hydrogens (tertiary/aromatic N) is 3. The highest BCUT2D eigenvalue weighted by Gasteiger charge is 2.16. The highest BCUT2D eigenvalue weighted by molar-refractivity contribution is 7.11. The van der Waals surface area contributed by atoms with Gasteiger partial charge in [0.2, 0.25) is 0 Å². The van der Waals surface area contributed by atoms with Gasteiger partial charge in [-0.2, -0.15) is 0 Å². The maximum absolute atomic E-state index is 10.4. The number of thiazole rings is 1. The molecule has 2 aromatic heterocycles. The van der Waals surface area contributed by atoms with Crippen LogP contribution in [0.25, 0.3) is 0 Å². The third-order valence-electron chi connectivity index (χ3n) is 3.10. The van der Waals surface area contributed by atoms with Crippen molar-refractivity contribution in [2.75, 3.05) is 0 Å². The molecule has 0 fully saturated rings. The lowest BCUT2D eigenvalue weighted by Gasteiger charge is -2.12. The quantitative estimate of drug-likeness (QED) is 0.802. The zero-order chi connectivity index (χ0) is 13.9. The summed E-state index contributed by atoms with van der Waals surface area (Å²) in [6, 6.07) is 9.57. The molecule has 3 rings (SSSR count). The second-order valence-electron chi connectivity index (χ2n) is 4.57. The minimum atomic E-state index is -0.708. The zero-order valence-electron chi connectivity index (χ0n) is 11.1. The first-order valence-electron chi connectivity index (χ1n) is 6.39. The van der Waals surface area contributed by atoms with Gasteiger partial charge in [-0.05, 0) is 12.5 Å². The van der Waals surface area contributed by atoms with Crippen molar-refractivity contribution in [2.24, 2.45) is 0 Å². The van der Waals surface area contributed by atoms with Crippen molar-refractivity contribution in [3.8, 4) is 0 Å². The normalized spacial score (nSPS) is 12.5. The summed E-state index contributed by atoms with van der Waals surface area (Å²) in [4.78, 5) is 9.70. The average Bonchev–Trinajstić information content (AvgIpc) is 3.09. The Hall–Kier alpha value is -1.98. The van der Waals surface area contributed by atoms with Gasteiger partial charge in [0.15, 0.2) is 0 Å². The third-order valence-corrected chi connectivity index (χ3v) is 4.00. The van der Waals surface area contributed by atoms with Crippen LogP contribution in [0.5, 0.6) is 0 Å². The molecular formula is C15H15N3OS. The zero-order valence-corrected chi connectivity index (χ0v) is 11.9. The van der Waals surface area contributed by atoms with Crippen LogP contribution in [0, 0.1) is 6.92 Å². The number of hydrogen-bond donors (Lipinski definition) is 1. The molecule has 1 unspecified atom stereocenters. The Morgan fingerprint density at radius 3 is 2.75 bits per heavy atom. The molecule has 0 radical (unpaired) electrons. The molecule has 2 heterocycles. The number of aromatic nitrogens is 3. The van der Waals surface area contributed by atoms with E-state index in [1.807, 2.05) is 54.2 Å². The molecule has 0 saturated heterocycles. The van der Waals surface area contributed by atoms with E-state index in [1.165, 1.54) is 0 Å². The van der Waals surface area contributed by atoms with E-state index in [-0.39, 0.29) is 0 Å². The fourth-order valence-electron chi connectivity index (χ4n) is 2.13. The first-order chi connectivity index (χ1) is 9.74. The van der Waals surface area contributed by atoms with E-state index in [1.54, 1.807) is 17.5 Å². The Morgan fingerprint density at radius 1 is 1.25 bits per heavy atom. The van der Waals surface area contributed by atoms with Crippen molar-refractivity contribution in [1.82, 2.24) is 14.5 Å². The summed E-state index contributed by atoms with van der Waals surface area (Å²) >= 11 is 1.66. The Labute approximate surface area is 121 Å². The summed E-state index contributed by atoms with van der Waals surface area (Å²) in [5.41, 5.74) is 0.848. The Balaban J connectivity index is 1.86. The maximum atomic E-state index is 10.4. The average molecular weight is 285 g/mol. The summed E-state index contributed by atoms with van der Waals surface area (Å²) in [6.07, 6.45) is 4.77. The molecule has 1 aromatic carbocycles. The van der Waals surface area contributed by atoms with Crippen LogP contribution >= 0.6 is 11.3 Å². The number of imidazole rings is 1. The van der Waals surface area contributed by atoms with Gasteiger partial charge in [-0.25, -0.2) is 9.97 Å². The molecule has 3 aromatic rings. The fourth-order valence-corrected chi connectivity index (χ4v) is 2.93. The summed E-state index contributed by atoms with van der Waals surface area (Å²) in [7, 11) is 0. The van der Waals surface area contributed by atoms with E-state index in [0.717, 1.165) is 15.4 Å². The molecule has 0 aliphatic heterocycles. The van der Waals surface area contributed by atoms with Crippen LogP contribution in [0.3, 0.4) is 0 Å². The molecule has 20 heavy (non-hydrogen) atoms. The molecule has 5 heteroatoms. The fraction of sp³-hybridized carbons (Fsp3) is 0.200. The lowest BCUT2D eigenvalue weighted by Crippen LogP contribution is -2.10. The summed E-state index contributed by atoms with van der Waals surface area (Å²) in [5.74, 6) is 0.655. The molecule has 0 bridgehead atoms. The molecule has 1 N–H and O–H groups in total. The number of rotatable bonds is 4. The highest BCUT2D eigenvalue weighted by atomic mass is 32.1. The summed E-state index contributed by atoms with van der Waals surface area (Å²) < 4.78 is 1.96. The molecule has 102 valence electrons. The first-order valence-corrected chi connectivity index (χ1v) is 7.21. The predicted molar refractivity (Wildman–Crippen MR) is 78.7 cm³/mol. The van der Waals surface area contributed by atoms with Gasteiger partial charge in [0.05, 0.1) is 11.6 Å². The number of aliphatic hydroxyl groups excluding tert-OH is 1. The predicted octanol–water partition coefficient (Wildman–Crippen LogP) is 2.78. The van der Waals surface area contributed by atoms with Gasteiger partial charge in [0.1, 0.15) is 11.9 Å². The van der Waals surface area contributed by atoms with Crippen LogP contribution in [-0.4, -0.2) is 19.6 Å². The highest BCUT2D eigenvalue weighted by Crippen LogP contribution is 2.22. The van der Waals surface area contributed by atoms with Gasteiger partial charge in [0, 0.05) is 23.5 Å². The van der Waals surface area contributed by atoms with Crippen LogP contribution in [0.4, 0.5) is 0 Å².